The van der Waals surface area contributed by atoms with Gasteiger partial charge in [0.1, 0.15) is 0 Å². The van der Waals surface area contributed by atoms with Gasteiger partial charge in [0, 0.05) is 29.6 Å². The monoisotopic (exact) mass is 465 g/mol. The van der Waals surface area contributed by atoms with Gasteiger partial charge in [0.2, 0.25) is 0 Å². The van der Waals surface area contributed by atoms with Crippen LogP contribution in [-0.4, -0.2) is 25.9 Å². The van der Waals surface area contributed by atoms with Gasteiger partial charge in [0.25, 0.3) is 15.9 Å². The van der Waals surface area contributed by atoms with E-state index in [0.29, 0.717) is 13.0 Å². The van der Waals surface area contributed by atoms with E-state index in [1.807, 2.05) is 36.4 Å². The third-order valence-corrected chi connectivity index (χ3v) is 6.54. The van der Waals surface area contributed by atoms with Gasteiger partial charge in [-0.1, -0.05) is 54.1 Å². The molecule has 1 heterocycles. The zero-order valence-electron chi connectivity index (χ0n) is 17.0. The van der Waals surface area contributed by atoms with Crippen molar-refractivity contribution in [2.75, 3.05) is 11.3 Å². The first-order valence-corrected chi connectivity index (χ1v) is 11.8. The first-order valence-electron chi connectivity index (χ1n) is 9.93. The standard InChI is InChI=1S/C24H20ClN3O3S/c25-21-9-2-4-11-23(21)28-32(30,31)20-8-5-7-18(16-20)24(29)26-15-14-19-13-12-17-6-1-3-10-22(17)27-19/h1-13,16,28H,14-15H2,(H,26,29). The number of nitrogens with one attached hydrogen (secondary N) is 2. The molecular weight excluding hydrogens is 446 g/mol. The van der Waals surface area contributed by atoms with Crippen molar-refractivity contribution in [3.63, 3.8) is 0 Å². The number of benzene rings is 3. The second kappa shape index (κ2) is 9.38. The number of fused-ring (bicyclic) bond motifs is 1. The summed E-state index contributed by atoms with van der Waals surface area (Å²) in [4.78, 5) is 17.1. The number of rotatable bonds is 7. The molecule has 0 atom stereocenters. The van der Waals surface area contributed by atoms with E-state index in [4.69, 9.17) is 11.6 Å². The van der Waals surface area contributed by atoms with Crippen LogP contribution >= 0.6 is 11.6 Å². The minimum absolute atomic E-state index is 0.0266. The number of sulfonamides is 1. The highest BCUT2D eigenvalue weighted by molar-refractivity contribution is 7.92. The summed E-state index contributed by atoms with van der Waals surface area (Å²) in [6.45, 7) is 0.374. The number of nitrogens with zero attached hydrogens (tertiary/aromatic N) is 1. The molecule has 3 aromatic carbocycles. The van der Waals surface area contributed by atoms with Crippen molar-refractivity contribution < 1.29 is 13.2 Å². The van der Waals surface area contributed by atoms with Crippen LogP contribution in [0.25, 0.3) is 10.9 Å². The highest BCUT2D eigenvalue weighted by Gasteiger charge is 2.17. The highest BCUT2D eigenvalue weighted by Crippen LogP contribution is 2.24. The van der Waals surface area contributed by atoms with E-state index < -0.39 is 10.0 Å². The maximum absolute atomic E-state index is 12.7. The highest BCUT2D eigenvalue weighted by atomic mass is 35.5. The molecule has 1 aromatic heterocycles. The predicted molar refractivity (Wildman–Crippen MR) is 126 cm³/mol. The van der Waals surface area contributed by atoms with E-state index in [1.165, 1.54) is 18.2 Å². The molecule has 0 saturated carbocycles. The van der Waals surface area contributed by atoms with Crippen LogP contribution in [-0.2, 0) is 16.4 Å². The van der Waals surface area contributed by atoms with Gasteiger partial charge in [-0.15, -0.1) is 0 Å². The van der Waals surface area contributed by atoms with Gasteiger partial charge < -0.3 is 5.32 Å². The summed E-state index contributed by atoms with van der Waals surface area (Å²) in [5, 5.41) is 4.16. The molecule has 1 amide bonds. The quantitative estimate of drug-likeness (QED) is 0.415. The number of halogens is 1. The van der Waals surface area contributed by atoms with E-state index in [-0.39, 0.29) is 27.1 Å². The second-order valence-corrected chi connectivity index (χ2v) is 9.20. The Morgan fingerprint density at radius 3 is 2.53 bits per heavy atom. The van der Waals surface area contributed by atoms with Crippen molar-refractivity contribution in [2.45, 2.75) is 11.3 Å². The molecule has 0 radical (unpaired) electrons. The molecule has 32 heavy (non-hydrogen) atoms. The lowest BCUT2D eigenvalue weighted by atomic mass is 10.1. The normalized spacial score (nSPS) is 11.3. The number of aromatic nitrogens is 1. The molecule has 4 aromatic rings. The molecule has 6 nitrogen and oxygen atoms in total. The van der Waals surface area contributed by atoms with Gasteiger partial charge in [0.05, 0.1) is 21.1 Å². The van der Waals surface area contributed by atoms with E-state index in [2.05, 4.69) is 15.0 Å². The van der Waals surface area contributed by atoms with E-state index in [1.54, 1.807) is 30.3 Å². The van der Waals surface area contributed by atoms with Crippen LogP contribution in [0.3, 0.4) is 0 Å². The van der Waals surface area contributed by atoms with Crippen molar-refractivity contribution in [1.82, 2.24) is 10.3 Å². The summed E-state index contributed by atoms with van der Waals surface area (Å²) in [6.07, 6.45) is 0.558. The zero-order chi connectivity index (χ0) is 22.6. The fraction of sp³-hybridized carbons (Fsp3) is 0.0833. The Morgan fingerprint density at radius 2 is 1.69 bits per heavy atom. The van der Waals surface area contributed by atoms with Crippen LogP contribution in [0.1, 0.15) is 16.1 Å². The molecular formula is C24H20ClN3O3S. The van der Waals surface area contributed by atoms with Crippen LogP contribution < -0.4 is 10.0 Å². The number of hydrogen-bond acceptors (Lipinski definition) is 4. The van der Waals surface area contributed by atoms with E-state index in [9.17, 15) is 13.2 Å². The molecule has 2 N–H and O–H groups in total. The smallest absolute Gasteiger partial charge is 0.261 e. The fourth-order valence-corrected chi connectivity index (χ4v) is 4.57. The summed E-state index contributed by atoms with van der Waals surface area (Å²) in [6, 6.07) is 24.2. The van der Waals surface area contributed by atoms with Crippen molar-refractivity contribution >= 4 is 44.1 Å². The number of hydrogen-bond donors (Lipinski definition) is 2. The molecule has 0 aliphatic carbocycles. The van der Waals surface area contributed by atoms with Crippen LogP contribution in [0, 0.1) is 0 Å². The van der Waals surface area contributed by atoms with Gasteiger partial charge in [-0.2, -0.15) is 0 Å². The number of para-hydroxylation sites is 2. The number of carbonyl (C=O) groups excluding carboxylic acids is 1. The third kappa shape index (κ3) is 5.07. The molecule has 0 aliphatic heterocycles. The van der Waals surface area contributed by atoms with Crippen LogP contribution in [0.5, 0.6) is 0 Å². The number of carbonyl (C=O) groups is 1. The average Bonchev–Trinajstić information content (AvgIpc) is 2.80. The van der Waals surface area contributed by atoms with Crippen LogP contribution in [0.4, 0.5) is 5.69 Å². The van der Waals surface area contributed by atoms with E-state index in [0.717, 1.165) is 16.6 Å². The molecule has 0 unspecified atom stereocenters. The largest absolute Gasteiger partial charge is 0.352 e. The summed E-state index contributed by atoms with van der Waals surface area (Å²) in [7, 11) is -3.90. The molecule has 0 fully saturated rings. The Labute approximate surface area is 191 Å². The van der Waals surface area contributed by atoms with Crippen molar-refractivity contribution in [3.8, 4) is 0 Å². The van der Waals surface area contributed by atoms with Crippen LogP contribution in [0.15, 0.2) is 89.8 Å². The second-order valence-electron chi connectivity index (χ2n) is 7.11. The topological polar surface area (TPSA) is 88.2 Å². The van der Waals surface area contributed by atoms with Crippen molar-refractivity contribution in [1.29, 1.82) is 0 Å². The van der Waals surface area contributed by atoms with Crippen LogP contribution in [0.2, 0.25) is 5.02 Å². The lowest BCUT2D eigenvalue weighted by Crippen LogP contribution is -2.26. The molecule has 4 rings (SSSR count). The first kappa shape index (κ1) is 21.8. The maximum atomic E-state index is 12.7. The molecule has 0 saturated heterocycles. The van der Waals surface area contributed by atoms with Gasteiger partial charge in [-0.3, -0.25) is 14.5 Å². The fourth-order valence-electron chi connectivity index (χ4n) is 3.21. The Morgan fingerprint density at radius 1 is 0.906 bits per heavy atom. The summed E-state index contributed by atoms with van der Waals surface area (Å²) < 4.78 is 27.9. The number of anilines is 1. The molecule has 0 spiro atoms. The minimum Gasteiger partial charge on any atom is -0.352 e. The Balaban J connectivity index is 1.42. The van der Waals surface area contributed by atoms with Gasteiger partial charge >= 0.3 is 0 Å². The average molecular weight is 466 g/mol. The van der Waals surface area contributed by atoms with Crippen molar-refractivity contribution in [3.05, 3.63) is 101 Å². The maximum Gasteiger partial charge on any atom is 0.261 e. The SMILES string of the molecule is O=C(NCCc1ccc2ccccc2n1)c1cccc(S(=O)(=O)Nc2ccccc2Cl)c1. The molecule has 0 bridgehead atoms. The van der Waals surface area contributed by atoms with E-state index >= 15 is 0 Å². The third-order valence-electron chi connectivity index (χ3n) is 4.85. The summed E-state index contributed by atoms with van der Waals surface area (Å²) >= 11 is 6.04. The molecule has 8 heteroatoms. The van der Waals surface area contributed by atoms with Crippen molar-refractivity contribution in [2.24, 2.45) is 0 Å². The predicted octanol–water partition coefficient (Wildman–Crippen LogP) is 4.66. The Kier molecular flexibility index (Phi) is 6.39. The summed E-state index contributed by atoms with van der Waals surface area (Å²) in [5.74, 6) is -0.361. The molecule has 0 aliphatic rings. The van der Waals surface area contributed by atoms with Gasteiger partial charge in [-0.25, -0.2) is 8.42 Å². The zero-order valence-corrected chi connectivity index (χ0v) is 18.5. The first-order chi connectivity index (χ1) is 15.4. The minimum atomic E-state index is -3.90. The lowest BCUT2D eigenvalue weighted by Gasteiger charge is -2.11. The number of pyridine rings is 1. The molecule has 162 valence electrons. The van der Waals surface area contributed by atoms with Gasteiger partial charge in [-0.05, 0) is 42.5 Å². The summed E-state index contributed by atoms with van der Waals surface area (Å²) in [5.41, 5.74) is 2.29. The Bertz CT molecular complexity index is 1390. The Hall–Kier alpha value is -3.42. The number of amides is 1. The lowest BCUT2D eigenvalue weighted by molar-refractivity contribution is 0.0954. The van der Waals surface area contributed by atoms with Gasteiger partial charge in [0.15, 0.2) is 0 Å².